The van der Waals surface area contributed by atoms with Crippen LogP contribution in [0.3, 0.4) is 0 Å². The number of ether oxygens (including phenoxy) is 1. The molecule has 1 rings (SSSR count). The van der Waals surface area contributed by atoms with E-state index in [1.807, 2.05) is 0 Å². The van der Waals surface area contributed by atoms with Crippen LogP contribution >= 0.6 is 0 Å². The predicted octanol–water partition coefficient (Wildman–Crippen LogP) is 0.0792. The van der Waals surface area contributed by atoms with E-state index in [1.165, 1.54) is 26.3 Å². The van der Waals surface area contributed by atoms with Gasteiger partial charge in [0, 0.05) is 18.7 Å². The minimum Gasteiger partial charge on any atom is -0.490 e. The van der Waals surface area contributed by atoms with Crippen molar-refractivity contribution in [3.63, 3.8) is 0 Å². The molecule has 0 radical (unpaired) electrons. The Bertz CT molecular complexity index is 515. The van der Waals surface area contributed by atoms with E-state index in [2.05, 4.69) is 10.6 Å². The highest BCUT2D eigenvalue weighted by atomic mass is 16.6. The highest BCUT2D eigenvalue weighted by Crippen LogP contribution is 2.27. The number of nitro benzene ring substituents is 1. The molecule has 1 aromatic rings. The molecule has 2 amide bonds. The highest BCUT2D eigenvalue weighted by molar-refractivity contribution is 5.97. The Morgan fingerprint density at radius 1 is 1.42 bits per heavy atom. The maximum absolute atomic E-state index is 11.7. The van der Waals surface area contributed by atoms with Crippen LogP contribution in [0, 0.1) is 10.1 Å². The molecule has 0 aromatic heterocycles. The van der Waals surface area contributed by atoms with Crippen LogP contribution in [0.1, 0.15) is 10.4 Å². The number of nitrogens with zero attached hydrogens (tertiary/aromatic N) is 1. The topological polar surface area (TPSA) is 111 Å². The molecule has 8 nitrogen and oxygen atoms in total. The largest absolute Gasteiger partial charge is 0.490 e. The lowest BCUT2D eigenvalue weighted by atomic mass is 10.1. The van der Waals surface area contributed by atoms with Crippen molar-refractivity contribution in [1.29, 1.82) is 0 Å². The van der Waals surface area contributed by atoms with Crippen LogP contribution < -0.4 is 15.4 Å². The molecule has 0 unspecified atom stereocenters. The normalized spacial score (nSPS) is 9.58. The van der Waals surface area contributed by atoms with Gasteiger partial charge in [0.05, 0.1) is 18.6 Å². The molecule has 0 bridgehead atoms. The molecule has 1 aromatic carbocycles. The van der Waals surface area contributed by atoms with Crippen LogP contribution in [0.4, 0.5) is 5.69 Å². The van der Waals surface area contributed by atoms with E-state index in [4.69, 9.17) is 4.74 Å². The molecule has 0 saturated heterocycles. The first-order chi connectivity index (χ1) is 8.99. The van der Waals surface area contributed by atoms with Gasteiger partial charge in [-0.05, 0) is 12.1 Å². The summed E-state index contributed by atoms with van der Waals surface area (Å²) < 4.78 is 4.82. The molecule has 19 heavy (non-hydrogen) atoms. The molecule has 2 N–H and O–H groups in total. The summed E-state index contributed by atoms with van der Waals surface area (Å²) in [6, 6.07) is 3.80. The Balaban J connectivity index is 2.89. The summed E-state index contributed by atoms with van der Waals surface area (Å²) >= 11 is 0. The van der Waals surface area contributed by atoms with E-state index >= 15 is 0 Å². The number of nitro groups is 1. The van der Waals surface area contributed by atoms with E-state index < -0.39 is 10.8 Å². The Morgan fingerprint density at radius 3 is 2.63 bits per heavy atom. The van der Waals surface area contributed by atoms with Crippen LogP contribution in [-0.4, -0.2) is 37.4 Å². The maximum atomic E-state index is 11.7. The van der Waals surface area contributed by atoms with Crippen LogP contribution in [-0.2, 0) is 4.79 Å². The summed E-state index contributed by atoms with van der Waals surface area (Å²) in [5, 5.41) is 15.5. The molecule has 0 heterocycles. The number of likely N-dealkylation sites (N-methyl/N-ethyl adjacent to an activating group) is 1. The number of benzene rings is 1. The maximum Gasteiger partial charge on any atom is 0.311 e. The second-order valence-corrected chi connectivity index (χ2v) is 3.50. The number of nitrogens with one attached hydrogen (secondary N) is 2. The predicted molar refractivity (Wildman–Crippen MR) is 66.0 cm³/mol. The van der Waals surface area contributed by atoms with Gasteiger partial charge in [-0.3, -0.25) is 19.7 Å². The Kier molecular flexibility index (Phi) is 4.81. The summed E-state index contributed by atoms with van der Waals surface area (Å²) in [5.74, 6) is -0.876. The molecule has 0 aliphatic rings. The number of amides is 2. The lowest BCUT2D eigenvalue weighted by Crippen LogP contribution is -2.35. The van der Waals surface area contributed by atoms with Crippen molar-refractivity contribution >= 4 is 17.5 Å². The summed E-state index contributed by atoms with van der Waals surface area (Å²) in [6.07, 6.45) is 0. The smallest absolute Gasteiger partial charge is 0.311 e. The first kappa shape index (κ1) is 14.4. The van der Waals surface area contributed by atoms with Crippen LogP contribution in [0.25, 0.3) is 0 Å². The van der Waals surface area contributed by atoms with Crippen LogP contribution in [0.15, 0.2) is 18.2 Å². The third-order valence-electron chi connectivity index (χ3n) is 2.33. The van der Waals surface area contributed by atoms with Crippen molar-refractivity contribution in [2.24, 2.45) is 0 Å². The molecule has 102 valence electrons. The van der Waals surface area contributed by atoms with Gasteiger partial charge in [-0.15, -0.1) is 0 Å². The van der Waals surface area contributed by atoms with Crippen molar-refractivity contribution < 1.29 is 19.2 Å². The van der Waals surface area contributed by atoms with Crippen molar-refractivity contribution in [3.05, 3.63) is 33.9 Å². The van der Waals surface area contributed by atoms with Crippen LogP contribution in [0.5, 0.6) is 5.75 Å². The minimum absolute atomic E-state index is 0.0628. The Labute approximate surface area is 108 Å². The number of carbonyl (C=O) groups is 2. The Hall–Kier alpha value is -2.64. The number of hydrogen-bond donors (Lipinski definition) is 2. The zero-order valence-corrected chi connectivity index (χ0v) is 10.4. The molecular weight excluding hydrogens is 254 g/mol. The van der Waals surface area contributed by atoms with Gasteiger partial charge in [-0.25, -0.2) is 0 Å². The molecule has 0 atom stereocenters. The SMILES string of the molecule is CNC(=O)CNC(=O)c1ccc(OC)c([N+](=O)[O-])c1. The summed E-state index contributed by atoms with van der Waals surface area (Å²) in [7, 11) is 2.74. The third-order valence-corrected chi connectivity index (χ3v) is 2.33. The van der Waals surface area contributed by atoms with Gasteiger partial charge < -0.3 is 15.4 Å². The quantitative estimate of drug-likeness (QED) is 0.579. The standard InChI is InChI=1S/C11H13N3O5/c1-12-10(15)6-13-11(16)7-3-4-9(19-2)8(5-7)14(17)18/h3-5H,6H2,1-2H3,(H,12,15)(H,13,16). The van der Waals surface area contributed by atoms with Gasteiger partial charge in [-0.2, -0.15) is 0 Å². The third kappa shape index (κ3) is 3.66. The lowest BCUT2D eigenvalue weighted by molar-refractivity contribution is -0.385. The molecule has 0 saturated carbocycles. The average molecular weight is 267 g/mol. The van der Waals surface area contributed by atoms with Crippen molar-refractivity contribution in [2.45, 2.75) is 0 Å². The summed E-state index contributed by atoms with van der Waals surface area (Å²) in [4.78, 5) is 32.8. The average Bonchev–Trinajstić information content (AvgIpc) is 2.43. The Morgan fingerprint density at radius 2 is 2.11 bits per heavy atom. The fourth-order valence-corrected chi connectivity index (χ4v) is 1.32. The van der Waals surface area contributed by atoms with E-state index in [0.717, 1.165) is 6.07 Å². The zero-order valence-electron chi connectivity index (χ0n) is 10.4. The molecule has 0 fully saturated rings. The fraction of sp³-hybridized carbons (Fsp3) is 0.273. The number of methoxy groups -OCH3 is 1. The van der Waals surface area contributed by atoms with Gasteiger partial charge in [0.15, 0.2) is 5.75 Å². The van der Waals surface area contributed by atoms with Crippen LogP contribution in [0.2, 0.25) is 0 Å². The summed E-state index contributed by atoms with van der Waals surface area (Å²) in [5.41, 5.74) is -0.230. The van der Waals surface area contributed by atoms with Gasteiger partial charge in [0.2, 0.25) is 5.91 Å². The van der Waals surface area contributed by atoms with Gasteiger partial charge >= 0.3 is 5.69 Å². The zero-order chi connectivity index (χ0) is 14.4. The first-order valence-electron chi connectivity index (χ1n) is 5.30. The van der Waals surface area contributed by atoms with E-state index in [9.17, 15) is 19.7 Å². The molecular formula is C11H13N3O5. The second kappa shape index (κ2) is 6.34. The molecule has 0 aliphatic carbocycles. The number of hydrogen-bond acceptors (Lipinski definition) is 5. The van der Waals surface area contributed by atoms with Crippen molar-refractivity contribution in [3.8, 4) is 5.75 Å². The van der Waals surface area contributed by atoms with E-state index in [-0.39, 0.29) is 29.5 Å². The van der Waals surface area contributed by atoms with E-state index in [1.54, 1.807) is 0 Å². The van der Waals surface area contributed by atoms with Crippen molar-refractivity contribution in [1.82, 2.24) is 10.6 Å². The number of carbonyl (C=O) groups excluding carboxylic acids is 2. The van der Waals surface area contributed by atoms with Gasteiger partial charge in [0.25, 0.3) is 5.91 Å². The molecule has 0 aliphatic heterocycles. The lowest BCUT2D eigenvalue weighted by Gasteiger charge is -2.06. The number of rotatable bonds is 5. The monoisotopic (exact) mass is 267 g/mol. The molecule has 0 spiro atoms. The van der Waals surface area contributed by atoms with E-state index in [0.29, 0.717) is 0 Å². The van der Waals surface area contributed by atoms with Gasteiger partial charge in [-0.1, -0.05) is 0 Å². The first-order valence-corrected chi connectivity index (χ1v) is 5.30. The van der Waals surface area contributed by atoms with Crippen molar-refractivity contribution in [2.75, 3.05) is 20.7 Å². The molecule has 8 heteroatoms. The highest BCUT2D eigenvalue weighted by Gasteiger charge is 2.18. The fourth-order valence-electron chi connectivity index (χ4n) is 1.32. The summed E-state index contributed by atoms with van der Waals surface area (Å²) in [6.45, 7) is -0.199. The van der Waals surface area contributed by atoms with Gasteiger partial charge in [0.1, 0.15) is 0 Å². The second-order valence-electron chi connectivity index (χ2n) is 3.50. The minimum atomic E-state index is -0.644.